The van der Waals surface area contributed by atoms with Gasteiger partial charge in [-0.2, -0.15) is 13.2 Å². The van der Waals surface area contributed by atoms with E-state index in [1.165, 1.54) is 6.07 Å². The number of aromatic nitrogens is 1. The molecule has 1 aromatic rings. The number of hydrogen-bond donors (Lipinski definition) is 0. The minimum atomic E-state index is -4.31. The average molecular weight is 219 g/mol. The Kier molecular flexibility index (Phi) is 3.94. The van der Waals surface area contributed by atoms with Crippen LogP contribution in [0.1, 0.15) is 19.0 Å². The van der Waals surface area contributed by atoms with E-state index in [1.54, 1.807) is 12.3 Å². The van der Waals surface area contributed by atoms with Crippen LogP contribution in [0, 0.1) is 0 Å². The Hall–Kier alpha value is -1.26. The van der Waals surface area contributed by atoms with Crippen molar-refractivity contribution in [3.05, 3.63) is 24.0 Å². The second-order valence-corrected chi connectivity index (χ2v) is 3.10. The van der Waals surface area contributed by atoms with Gasteiger partial charge >= 0.3 is 6.18 Å². The van der Waals surface area contributed by atoms with Crippen molar-refractivity contribution in [2.24, 2.45) is 0 Å². The predicted octanol–water partition coefficient (Wildman–Crippen LogP) is 2.98. The zero-order valence-corrected chi connectivity index (χ0v) is 8.34. The van der Waals surface area contributed by atoms with Crippen LogP contribution in [0.4, 0.5) is 13.2 Å². The minimum absolute atomic E-state index is 0.219. The molecule has 2 nitrogen and oxygen atoms in total. The first-order chi connectivity index (χ1) is 7.03. The van der Waals surface area contributed by atoms with E-state index in [0.29, 0.717) is 12.1 Å². The molecule has 0 atom stereocenters. The summed E-state index contributed by atoms with van der Waals surface area (Å²) in [6.07, 6.45) is -1.32. The van der Waals surface area contributed by atoms with Crippen LogP contribution in [0.3, 0.4) is 0 Å². The van der Waals surface area contributed by atoms with Gasteiger partial charge in [0.1, 0.15) is 5.75 Å². The third kappa shape index (κ3) is 4.18. The van der Waals surface area contributed by atoms with E-state index in [4.69, 9.17) is 0 Å². The smallest absolute Gasteiger partial charge is 0.422 e. The summed E-state index contributed by atoms with van der Waals surface area (Å²) < 4.78 is 40.4. The fourth-order valence-electron chi connectivity index (χ4n) is 1.14. The van der Waals surface area contributed by atoms with E-state index in [-0.39, 0.29) is 5.75 Å². The number of alkyl halides is 3. The molecule has 0 saturated heterocycles. The summed E-state index contributed by atoms with van der Waals surface area (Å²) in [5.74, 6) is 0.219. The zero-order chi connectivity index (χ0) is 11.3. The van der Waals surface area contributed by atoms with Gasteiger partial charge in [-0.1, -0.05) is 13.3 Å². The van der Waals surface area contributed by atoms with E-state index in [2.05, 4.69) is 9.72 Å². The van der Waals surface area contributed by atoms with Gasteiger partial charge in [-0.05, 0) is 18.6 Å². The van der Waals surface area contributed by atoms with Gasteiger partial charge in [0.2, 0.25) is 0 Å². The number of aryl methyl sites for hydroxylation is 1. The van der Waals surface area contributed by atoms with Crippen molar-refractivity contribution in [1.29, 1.82) is 0 Å². The number of pyridine rings is 1. The Morgan fingerprint density at radius 1 is 1.40 bits per heavy atom. The topological polar surface area (TPSA) is 22.1 Å². The highest BCUT2D eigenvalue weighted by molar-refractivity contribution is 5.26. The number of rotatable bonds is 4. The highest BCUT2D eigenvalue weighted by Gasteiger charge is 2.28. The van der Waals surface area contributed by atoms with Crippen molar-refractivity contribution in [2.45, 2.75) is 25.9 Å². The Morgan fingerprint density at radius 3 is 2.73 bits per heavy atom. The molecule has 15 heavy (non-hydrogen) atoms. The van der Waals surface area contributed by atoms with Gasteiger partial charge in [0.05, 0.1) is 5.69 Å². The predicted molar refractivity (Wildman–Crippen MR) is 49.8 cm³/mol. The van der Waals surface area contributed by atoms with Gasteiger partial charge in [0.25, 0.3) is 0 Å². The molecule has 0 aromatic carbocycles. The third-order valence-electron chi connectivity index (χ3n) is 1.73. The van der Waals surface area contributed by atoms with Gasteiger partial charge in [0, 0.05) is 6.20 Å². The molecule has 0 aliphatic rings. The molecular formula is C10H12F3NO. The molecule has 0 N–H and O–H groups in total. The van der Waals surface area contributed by atoms with E-state index >= 15 is 0 Å². The van der Waals surface area contributed by atoms with Crippen LogP contribution in [0.15, 0.2) is 18.3 Å². The molecule has 0 fully saturated rings. The fourth-order valence-corrected chi connectivity index (χ4v) is 1.14. The first-order valence-electron chi connectivity index (χ1n) is 4.66. The van der Waals surface area contributed by atoms with Gasteiger partial charge in [-0.3, -0.25) is 4.98 Å². The highest BCUT2D eigenvalue weighted by Crippen LogP contribution is 2.21. The summed E-state index contributed by atoms with van der Waals surface area (Å²) in [7, 11) is 0. The lowest BCUT2D eigenvalue weighted by Crippen LogP contribution is -2.19. The third-order valence-corrected chi connectivity index (χ3v) is 1.73. The Morgan fingerprint density at radius 2 is 2.13 bits per heavy atom. The summed E-state index contributed by atoms with van der Waals surface area (Å²) in [6.45, 7) is 0.664. The molecule has 0 aliphatic heterocycles. The summed E-state index contributed by atoms with van der Waals surface area (Å²) in [5, 5.41) is 0. The molecule has 0 spiro atoms. The maximum absolute atomic E-state index is 11.9. The van der Waals surface area contributed by atoms with E-state index in [0.717, 1.165) is 6.42 Å². The Labute approximate surface area is 86.1 Å². The molecule has 1 aromatic heterocycles. The van der Waals surface area contributed by atoms with Crippen molar-refractivity contribution in [2.75, 3.05) is 6.61 Å². The standard InChI is InChI=1S/C10H12F3NO/c1-2-4-8-9(5-3-6-14-8)15-7-10(11,12)13/h3,5-6H,2,4,7H2,1H3. The van der Waals surface area contributed by atoms with Crippen LogP contribution in [0.25, 0.3) is 0 Å². The Bertz CT molecular complexity index is 312. The molecule has 1 rings (SSSR count). The zero-order valence-electron chi connectivity index (χ0n) is 8.34. The number of hydrogen-bond acceptors (Lipinski definition) is 2. The van der Waals surface area contributed by atoms with Crippen molar-refractivity contribution >= 4 is 0 Å². The number of halogens is 3. The lowest BCUT2D eigenvalue weighted by atomic mass is 10.2. The average Bonchev–Trinajstić information content (AvgIpc) is 2.16. The summed E-state index contributed by atoms with van der Waals surface area (Å²) >= 11 is 0. The molecular weight excluding hydrogens is 207 g/mol. The molecule has 0 saturated carbocycles. The van der Waals surface area contributed by atoms with Crippen LogP contribution >= 0.6 is 0 Å². The quantitative estimate of drug-likeness (QED) is 0.776. The normalized spacial score (nSPS) is 11.5. The first kappa shape index (κ1) is 11.8. The maximum atomic E-state index is 11.9. The second kappa shape index (κ2) is 5.00. The van der Waals surface area contributed by atoms with Gasteiger partial charge in [0.15, 0.2) is 6.61 Å². The monoisotopic (exact) mass is 219 g/mol. The molecule has 0 radical (unpaired) electrons. The van der Waals surface area contributed by atoms with Gasteiger partial charge < -0.3 is 4.74 Å². The SMILES string of the molecule is CCCc1ncccc1OCC(F)(F)F. The summed E-state index contributed by atoms with van der Waals surface area (Å²) in [5.41, 5.74) is 0.573. The van der Waals surface area contributed by atoms with Crippen molar-refractivity contribution in [3.8, 4) is 5.75 Å². The van der Waals surface area contributed by atoms with Gasteiger partial charge in [-0.25, -0.2) is 0 Å². The van der Waals surface area contributed by atoms with Crippen LogP contribution in [0.5, 0.6) is 5.75 Å². The fraction of sp³-hybridized carbons (Fsp3) is 0.500. The molecule has 84 valence electrons. The highest BCUT2D eigenvalue weighted by atomic mass is 19.4. The largest absolute Gasteiger partial charge is 0.482 e. The van der Waals surface area contributed by atoms with Crippen molar-refractivity contribution in [3.63, 3.8) is 0 Å². The summed E-state index contributed by atoms with van der Waals surface area (Å²) in [4.78, 5) is 3.98. The molecule has 0 aliphatic carbocycles. The molecule has 0 bridgehead atoms. The lowest BCUT2D eigenvalue weighted by molar-refractivity contribution is -0.153. The van der Waals surface area contributed by atoms with Crippen LogP contribution in [-0.2, 0) is 6.42 Å². The molecule has 0 unspecified atom stereocenters. The Balaban J connectivity index is 2.67. The lowest BCUT2D eigenvalue weighted by Gasteiger charge is -2.11. The number of nitrogens with zero attached hydrogens (tertiary/aromatic N) is 1. The van der Waals surface area contributed by atoms with E-state index in [1.807, 2.05) is 6.92 Å². The molecule has 1 heterocycles. The first-order valence-corrected chi connectivity index (χ1v) is 4.66. The second-order valence-electron chi connectivity index (χ2n) is 3.10. The number of ether oxygens (including phenoxy) is 1. The van der Waals surface area contributed by atoms with Gasteiger partial charge in [-0.15, -0.1) is 0 Å². The molecule has 5 heteroatoms. The van der Waals surface area contributed by atoms with Crippen molar-refractivity contribution < 1.29 is 17.9 Å². The maximum Gasteiger partial charge on any atom is 0.422 e. The van der Waals surface area contributed by atoms with Crippen LogP contribution in [0.2, 0.25) is 0 Å². The van der Waals surface area contributed by atoms with E-state index < -0.39 is 12.8 Å². The molecule has 0 amide bonds. The van der Waals surface area contributed by atoms with Crippen LogP contribution < -0.4 is 4.74 Å². The van der Waals surface area contributed by atoms with Crippen LogP contribution in [-0.4, -0.2) is 17.8 Å². The minimum Gasteiger partial charge on any atom is -0.482 e. The summed E-state index contributed by atoms with van der Waals surface area (Å²) in [6, 6.07) is 3.06. The van der Waals surface area contributed by atoms with E-state index in [9.17, 15) is 13.2 Å². The van der Waals surface area contributed by atoms with Crippen molar-refractivity contribution in [1.82, 2.24) is 4.98 Å².